The minimum atomic E-state index is -0.582. The molecule has 0 aliphatic carbocycles. The van der Waals surface area contributed by atoms with Crippen LogP contribution in [0.15, 0.2) is 51.1 Å². The Hall–Kier alpha value is -3.07. The number of nitrogens with one attached hydrogen (secondary N) is 1. The second-order valence-corrected chi connectivity index (χ2v) is 5.75. The van der Waals surface area contributed by atoms with Crippen molar-refractivity contribution in [2.75, 3.05) is 5.32 Å². The Labute approximate surface area is 143 Å². The topological polar surface area (TPSA) is 117 Å². The lowest BCUT2D eigenvalue weighted by atomic mass is 10.1. The van der Waals surface area contributed by atoms with Gasteiger partial charge in [0.05, 0.1) is 16.8 Å². The number of rotatable bonds is 3. The van der Waals surface area contributed by atoms with Crippen molar-refractivity contribution in [3.05, 3.63) is 62.1 Å². The summed E-state index contributed by atoms with van der Waals surface area (Å²) in [6.07, 6.45) is 1.15. The highest BCUT2D eigenvalue weighted by Crippen LogP contribution is 2.27. The van der Waals surface area contributed by atoms with Crippen LogP contribution in [0.2, 0.25) is 0 Å². The summed E-state index contributed by atoms with van der Waals surface area (Å²) in [5, 5.41) is 30.8. The molecular formula is C15H9BrN4O4. The quantitative estimate of drug-likeness (QED) is 0.477. The van der Waals surface area contributed by atoms with Gasteiger partial charge in [0.15, 0.2) is 5.71 Å². The normalized spacial score (nSPS) is 14.9. The number of anilines is 1. The Morgan fingerprint density at radius 2 is 2.04 bits per heavy atom. The molecule has 2 aromatic carbocycles. The van der Waals surface area contributed by atoms with Gasteiger partial charge in [-0.25, -0.2) is 0 Å². The third-order valence-corrected chi connectivity index (χ3v) is 3.77. The number of aromatic hydroxyl groups is 1. The zero-order chi connectivity index (χ0) is 17.3. The Morgan fingerprint density at radius 1 is 1.25 bits per heavy atom. The number of hydrogen-bond donors (Lipinski definition) is 2. The van der Waals surface area contributed by atoms with Crippen molar-refractivity contribution in [2.24, 2.45) is 10.2 Å². The number of phenolic OH excluding ortho intramolecular Hbond substituents is 1. The van der Waals surface area contributed by atoms with Gasteiger partial charge in [0.25, 0.3) is 11.6 Å². The lowest BCUT2D eigenvalue weighted by Crippen LogP contribution is -2.13. The fourth-order valence-electron chi connectivity index (χ4n) is 2.13. The van der Waals surface area contributed by atoms with E-state index in [1.165, 1.54) is 12.1 Å². The molecule has 2 N–H and O–H groups in total. The lowest BCUT2D eigenvalue weighted by molar-refractivity contribution is -0.384. The minimum absolute atomic E-state index is 0.118. The molecule has 3 rings (SSSR count). The van der Waals surface area contributed by atoms with Gasteiger partial charge in [-0.3, -0.25) is 14.9 Å². The number of hydrogen-bond acceptors (Lipinski definition) is 6. The van der Waals surface area contributed by atoms with Crippen LogP contribution in [0.5, 0.6) is 5.75 Å². The molecule has 0 bridgehead atoms. The zero-order valence-corrected chi connectivity index (χ0v) is 13.5. The van der Waals surface area contributed by atoms with E-state index in [2.05, 4.69) is 31.4 Å². The molecule has 120 valence electrons. The summed E-state index contributed by atoms with van der Waals surface area (Å²) in [5.41, 5.74) is 1.27. The molecule has 1 aliphatic rings. The van der Waals surface area contributed by atoms with Gasteiger partial charge in [0.2, 0.25) is 0 Å². The fraction of sp³-hybridized carbons (Fsp3) is 0. The van der Waals surface area contributed by atoms with Crippen molar-refractivity contribution in [2.45, 2.75) is 0 Å². The predicted octanol–water partition coefficient (Wildman–Crippen LogP) is 2.84. The Morgan fingerprint density at radius 3 is 2.79 bits per heavy atom. The highest BCUT2D eigenvalue weighted by molar-refractivity contribution is 9.10. The molecule has 0 saturated heterocycles. The number of nitro groups is 1. The first-order chi connectivity index (χ1) is 11.5. The van der Waals surface area contributed by atoms with E-state index in [9.17, 15) is 20.0 Å². The van der Waals surface area contributed by atoms with Crippen molar-refractivity contribution < 1.29 is 14.8 Å². The van der Waals surface area contributed by atoms with Crippen LogP contribution in [0.3, 0.4) is 0 Å². The van der Waals surface area contributed by atoms with Gasteiger partial charge in [-0.1, -0.05) is 15.9 Å². The summed E-state index contributed by atoms with van der Waals surface area (Å²) in [6, 6.07) is 8.78. The first-order valence-electron chi connectivity index (χ1n) is 6.65. The molecule has 0 saturated carbocycles. The van der Waals surface area contributed by atoms with Crippen molar-refractivity contribution in [1.29, 1.82) is 0 Å². The average Bonchev–Trinajstić information content (AvgIpc) is 2.84. The summed E-state index contributed by atoms with van der Waals surface area (Å²) in [4.78, 5) is 22.1. The maximum Gasteiger partial charge on any atom is 0.276 e. The van der Waals surface area contributed by atoms with Crippen LogP contribution >= 0.6 is 15.9 Å². The summed E-state index contributed by atoms with van der Waals surface area (Å²) in [6.45, 7) is 0. The molecule has 2 aromatic rings. The number of carbonyl (C=O) groups is 1. The molecule has 24 heavy (non-hydrogen) atoms. The standard InChI is InChI=1S/C15H9BrN4O4/c16-9-1-3-12-11(6-9)14(15(22)18-12)19-17-7-8-5-10(20(23)24)2-4-13(8)21/h1-7,21H,(H,18,19,22). The second-order valence-electron chi connectivity index (χ2n) is 4.84. The van der Waals surface area contributed by atoms with Crippen LogP contribution in [0.25, 0.3) is 0 Å². The molecule has 9 heteroatoms. The monoisotopic (exact) mass is 388 g/mol. The first kappa shape index (κ1) is 15.8. The van der Waals surface area contributed by atoms with Gasteiger partial charge in [-0.2, -0.15) is 5.10 Å². The average molecular weight is 389 g/mol. The van der Waals surface area contributed by atoms with Gasteiger partial charge < -0.3 is 10.4 Å². The number of nitro benzene ring substituents is 1. The van der Waals surface area contributed by atoms with E-state index in [1.807, 2.05) is 0 Å². The van der Waals surface area contributed by atoms with Crippen LogP contribution < -0.4 is 5.32 Å². The third kappa shape index (κ3) is 3.01. The van der Waals surface area contributed by atoms with Gasteiger partial charge in [-0.05, 0) is 24.3 Å². The number of benzene rings is 2. The van der Waals surface area contributed by atoms with Crippen LogP contribution in [0, 0.1) is 10.1 Å². The van der Waals surface area contributed by atoms with Gasteiger partial charge in [0.1, 0.15) is 5.75 Å². The maximum atomic E-state index is 11.9. The molecular weight excluding hydrogens is 380 g/mol. The highest BCUT2D eigenvalue weighted by atomic mass is 79.9. The van der Waals surface area contributed by atoms with Crippen LogP contribution in [-0.2, 0) is 4.79 Å². The van der Waals surface area contributed by atoms with Gasteiger partial charge in [0, 0.05) is 27.7 Å². The third-order valence-electron chi connectivity index (χ3n) is 3.28. The van der Waals surface area contributed by atoms with Crippen LogP contribution in [0.4, 0.5) is 11.4 Å². The van der Waals surface area contributed by atoms with Crippen molar-refractivity contribution >= 4 is 45.1 Å². The van der Waals surface area contributed by atoms with Crippen molar-refractivity contribution in [1.82, 2.24) is 0 Å². The molecule has 0 spiro atoms. The second kappa shape index (κ2) is 6.20. The summed E-state index contributed by atoms with van der Waals surface area (Å²) in [5.74, 6) is -0.577. The van der Waals surface area contributed by atoms with E-state index in [0.29, 0.717) is 11.3 Å². The molecule has 0 fully saturated rings. The molecule has 1 aliphatic heterocycles. The number of halogens is 1. The minimum Gasteiger partial charge on any atom is -0.507 e. The molecule has 0 atom stereocenters. The summed E-state index contributed by atoms with van der Waals surface area (Å²) in [7, 11) is 0. The van der Waals surface area contributed by atoms with Gasteiger partial charge >= 0.3 is 0 Å². The number of fused-ring (bicyclic) bond motifs is 1. The summed E-state index contributed by atoms with van der Waals surface area (Å²) >= 11 is 3.32. The first-order valence-corrected chi connectivity index (χ1v) is 7.45. The van der Waals surface area contributed by atoms with Crippen molar-refractivity contribution in [3.63, 3.8) is 0 Å². The Bertz CT molecular complexity index is 924. The number of non-ortho nitro benzene ring substituents is 1. The number of phenols is 1. The number of nitrogens with zero attached hydrogens (tertiary/aromatic N) is 3. The zero-order valence-electron chi connectivity index (χ0n) is 11.9. The van der Waals surface area contributed by atoms with Crippen LogP contribution in [0.1, 0.15) is 11.1 Å². The largest absolute Gasteiger partial charge is 0.507 e. The predicted molar refractivity (Wildman–Crippen MR) is 91.7 cm³/mol. The maximum absolute atomic E-state index is 11.9. The van der Waals surface area contributed by atoms with E-state index in [-0.39, 0.29) is 22.7 Å². The van der Waals surface area contributed by atoms with E-state index >= 15 is 0 Å². The van der Waals surface area contributed by atoms with Crippen LogP contribution in [-0.4, -0.2) is 27.9 Å². The molecule has 1 heterocycles. The summed E-state index contributed by atoms with van der Waals surface area (Å²) < 4.78 is 0.783. The highest BCUT2D eigenvalue weighted by Gasteiger charge is 2.26. The Kier molecular flexibility index (Phi) is 4.09. The molecule has 0 unspecified atom stereocenters. The number of amides is 1. The SMILES string of the molecule is O=C1Nc2ccc(Br)cc2/C1=N/N=Cc1cc([N+](=O)[O-])ccc1O. The van der Waals surface area contributed by atoms with E-state index < -0.39 is 10.8 Å². The molecule has 1 amide bonds. The smallest absolute Gasteiger partial charge is 0.276 e. The van der Waals surface area contributed by atoms with E-state index in [4.69, 9.17) is 0 Å². The Balaban J connectivity index is 1.93. The fourth-order valence-corrected chi connectivity index (χ4v) is 2.49. The van der Waals surface area contributed by atoms with E-state index in [1.54, 1.807) is 18.2 Å². The molecule has 8 nitrogen and oxygen atoms in total. The molecule has 0 radical (unpaired) electrons. The van der Waals surface area contributed by atoms with Crippen molar-refractivity contribution in [3.8, 4) is 5.75 Å². The number of carbonyl (C=O) groups excluding carboxylic acids is 1. The lowest BCUT2D eigenvalue weighted by Gasteiger charge is -1.98. The molecule has 0 aromatic heterocycles. The van der Waals surface area contributed by atoms with Gasteiger partial charge in [-0.15, -0.1) is 5.10 Å². The van der Waals surface area contributed by atoms with E-state index in [0.717, 1.165) is 16.8 Å².